The molecule has 0 radical (unpaired) electrons. The van der Waals surface area contributed by atoms with E-state index < -0.39 is 11.9 Å². The van der Waals surface area contributed by atoms with E-state index in [4.69, 9.17) is 4.74 Å². The fraction of sp³-hybridized carbons (Fsp3) is 0.400. The highest BCUT2D eigenvalue weighted by Crippen LogP contribution is 2.17. The molecule has 0 unspecified atom stereocenters. The van der Waals surface area contributed by atoms with E-state index in [0.717, 1.165) is 0 Å². The Kier molecular flexibility index (Phi) is 4.38. The number of carbonyl (C=O) groups excluding carboxylic acids is 2. The molecule has 0 aromatic carbocycles. The zero-order valence-electron chi connectivity index (χ0n) is 9.72. The van der Waals surface area contributed by atoms with E-state index in [-0.39, 0.29) is 17.1 Å². The molecular formula is C10H12N2O5. The molecule has 1 aromatic rings. The van der Waals surface area contributed by atoms with Gasteiger partial charge in [-0.15, -0.1) is 10.2 Å². The minimum atomic E-state index is -0.683. The van der Waals surface area contributed by atoms with Crippen molar-refractivity contribution in [2.45, 2.75) is 6.92 Å². The van der Waals surface area contributed by atoms with E-state index in [1.54, 1.807) is 6.92 Å². The zero-order chi connectivity index (χ0) is 12.8. The second-order valence-corrected chi connectivity index (χ2v) is 2.86. The fourth-order valence-electron chi connectivity index (χ4n) is 1.08. The van der Waals surface area contributed by atoms with Crippen LogP contribution in [0, 0.1) is 0 Å². The third kappa shape index (κ3) is 2.90. The molecule has 1 rings (SSSR count). The van der Waals surface area contributed by atoms with Crippen LogP contribution in [-0.4, -0.2) is 43.0 Å². The molecule has 0 bridgehead atoms. The van der Waals surface area contributed by atoms with Crippen LogP contribution in [0.3, 0.4) is 0 Å². The van der Waals surface area contributed by atoms with Crippen LogP contribution in [0.5, 0.6) is 5.75 Å². The molecule has 7 heteroatoms. The molecule has 0 spiro atoms. The van der Waals surface area contributed by atoms with E-state index in [1.807, 2.05) is 0 Å². The van der Waals surface area contributed by atoms with Crippen LogP contribution in [0.2, 0.25) is 0 Å². The summed E-state index contributed by atoms with van der Waals surface area (Å²) in [5.41, 5.74) is -0.120. The van der Waals surface area contributed by atoms with Crippen molar-refractivity contribution in [2.24, 2.45) is 0 Å². The van der Waals surface area contributed by atoms with Gasteiger partial charge in [0, 0.05) is 6.07 Å². The van der Waals surface area contributed by atoms with Crippen LogP contribution < -0.4 is 4.74 Å². The van der Waals surface area contributed by atoms with Crippen molar-refractivity contribution in [3.8, 4) is 5.75 Å². The molecule has 0 aliphatic carbocycles. The number of rotatable bonds is 4. The summed E-state index contributed by atoms with van der Waals surface area (Å²) >= 11 is 0. The SMILES string of the molecule is CCOc1cc(C(=O)OC)nnc1C(=O)OC. The Morgan fingerprint density at radius 3 is 2.35 bits per heavy atom. The smallest absolute Gasteiger partial charge is 0.362 e. The lowest BCUT2D eigenvalue weighted by atomic mass is 10.3. The van der Waals surface area contributed by atoms with Crippen molar-refractivity contribution in [1.82, 2.24) is 10.2 Å². The first-order valence-electron chi connectivity index (χ1n) is 4.81. The van der Waals surface area contributed by atoms with Gasteiger partial charge in [-0.1, -0.05) is 0 Å². The van der Waals surface area contributed by atoms with Crippen molar-refractivity contribution >= 4 is 11.9 Å². The van der Waals surface area contributed by atoms with Gasteiger partial charge in [0.15, 0.2) is 11.4 Å². The minimum absolute atomic E-state index is 0.0383. The topological polar surface area (TPSA) is 87.6 Å². The van der Waals surface area contributed by atoms with Gasteiger partial charge in [-0.3, -0.25) is 0 Å². The third-order valence-corrected chi connectivity index (χ3v) is 1.83. The average Bonchev–Trinajstić information content (AvgIpc) is 2.37. The van der Waals surface area contributed by atoms with Gasteiger partial charge in [-0.2, -0.15) is 0 Å². The Morgan fingerprint density at radius 2 is 1.82 bits per heavy atom. The first-order chi connectivity index (χ1) is 8.13. The van der Waals surface area contributed by atoms with E-state index in [1.165, 1.54) is 20.3 Å². The highest BCUT2D eigenvalue weighted by Gasteiger charge is 2.19. The maximum absolute atomic E-state index is 11.3. The van der Waals surface area contributed by atoms with Gasteiger partial charge < -0.3 is 14.2 Å². The highest BCUT2D eigenvalue weighted by atomic mass is 16.5. The van der Waals surface area contributed by atoms with Crippen LogP contribution in [0.1, 0.15) is 27.9 Å². The molecule has 17 heavy (non-hydrogen) atoms. The van der Waals surface area contributed by atoms with Crippen LogP contribution in [-0.2, 0) is 9.47 Å². The summed E-state index contributed by atoms with van der Waals surface area (Å²) in [6.45, 7) is 2.05. The molecule has 0 saturated heterocycles. The number of methoxy groups -OCH3 is 2. The first kappa shape index (κ1) is 12.9. The number of aromatic nitrogens is 2. The summed E-state index contributed by atoms with van der Waals surface area (Å²) in [6.07, 6.45) is 0. The molecule has 92 valence electrons. The molecule has 0 saturated carbocycles. The van der Waals surface area contributed by atoms with Crippen molar-refractivity contribution < 1.29 is 23.8 Å². The van der Waals surface area contributed by atoms with Crippen molar-refractivity contribution in [2.75, 3.05) is 20.8 Å². The number of hydrogen-bond donors (Lipinski definition) is 0. The van der Waals surface area contributed by atoms with Crippen LogP contribution in [0.25, 0.3) is 0 Å². The monoisotopic (exact) mass is 240 g/mol. The summed E-state index contributed by atoms with van der Waals surface area (Å²) < 4.78 is 14.2. The largest absolute Gasteiger partial charge is 0.491 e. The number of esters is 2. The van der Waals surface area contributed by atoms with Gasteiger partial charge in [-0.05, 0) is 6.92 Å². The maximum Gasteiger partial charge on any atom is 0.362 e. The summed E-state index contributed by atoms with van der Waals surface area (Å²) in [5.74, 6) is -1.21. The Bertz CT molecular complexity index is 433. The minimum Gasteiger partial charge on any atom is -0.491 e. The van der Waals surface area contributed by atoms with Crippen molar-refractivity contribution in [3.63, 3.8) is 0 Å². The summed E-state index contributed by atoms with van der Waals surface area (Å²) in [7, 11) is 2.44. The third-order valence-electron chi connectivity index (χ3n) is 1.83. The van der Waals surface area contributed by atoms with E-state index in [2.05, 4.69) is 19.7 Å². The quantitative estimate of drug-likeness (QED) is 0.706. The Labute approximate surface area is 97.7 Å². The molecule has 1 heterocycles. The lowest BCUT2D eigenvalue weighted by Crippen LogP contribution is -2.13. The fourth-order valence-corrected chi connectivity index (χ4v) is 1.08. The van der Waals surface area contributed by atoms with E-state index in [0.29, 0.717) is 6.61 Å². The molecular weight excluding hydrogens is 228 g/mol. The molecule has 7 nitrogen and oxygen atoms in total. The number of ether oxygens (including phenoxy) is 3. The molecule has 0 fully saturated rings. The molecule has 1 aromatic heterocycles. The lowest BCUT2D eigenvalue weighted by Gasteiger charge is -2.07. The molecule has 0 aliphatic rings. The maximum atomic E-state index is 11.3. The molecule has 0 atom stereocenters. The highest BCUT2D eigenvalue weighted by molar-refractivity contribution is 5.92. The number of carbonyl (C=O) groups is 2. The van der Waals surface area contributed by atoms with Gasteiger partial charge in [0.1, 0.15) is 0 Å². The van der Waals surface area contributed by atoms with Gasteiger partial charge in [-0.25, -0.2) is 9.59 Å². The molecule has 0 amide bonds. The normalized spacial score (nSPS) is 9.59. The van der Waals surface area contributed by atoms with Gasteiger partial charge >= 0.3 is 11.9 Å². The van der Waals surface area contributed by atoms with Gasteiger partial charge in [0.2, 0.25) is 5.69 Å². The van der Waals surface area contributed by atoms with Crippen LogP contribution in [0.15, 0.2) is 6.07 Å². The van der Waals surface area contributed by atoms with Crippen molar-refractivity contribution in [1.29, 1.82) is 0 Å². The van der Waals surface area contributed by atoms with Crippen LogP contribution in [0.4, 0.5) is 0 Å². The Balaban J connectivity index is 3.16. The second kappa shape index (κ2) is 5.78. The zero-order valence-corrected chi connectivity index (χ0v) is 9.72. The van der Waals surface area contributed by atoms with E-state index in [9.17, 15) is 9.59 Å². The second-order valence-electron chi connectivity index (χ2n) is 2.86. The van der Waals surface area contributed by atoms with Gasteiger partial charge in [0.05, 0.1) is 20.8 Å². The molecule has 0 N–H and O–H groups in total. The molecule has 0 aliphatic heterocycles. The van der Waals surface area contributed by atoms with Gasteiger partial charge in [0.25, 0.3) is 0 Å². The Hall–Kier alpha value is -2.18. The lowest BCUT2D eigenvalue weighted by molar-refractivity contribution is 0.0569. The van der Waals surface area contributed by atoms with Crippen molar-refractivity contribution in [3.05, 3.63) is 17.5 Å². The van der Waals surface area contributed by atoms with Crippen LogP contribution >= 0.6 is 0 Å². The first-order valence-corrected chi connectivity index (χ1v) is 4.81. The Morgan fingerprint density at radius 1 is 1.18 bits per heavy atom. The average molecular weight is 240 g/mol. The summed E-state index contributed by atoms with van der Waals surface area (Å²) in [5, 5.41) is 7.14. The summed E-state index contributed by atoms with van der Waals surface area (Å²) in [4.78, 5) is 22.6. The summed E-state index contributed by atoms with van der Waals surface area (Å²) in [6, 6.07) is 1.29. The predicted molar refractivity (Wildman–Crippen MR) is 55.9 cm³/mol. The standard InChI is InChI=1S/C10H12N2O5/c1-4-17-7-5-6(9(13)15-2)11-12-8(7)10(14)16-3/h5H,4H2,1-3H3. The predicted octanol–water partition coefficient (Wildman–Crippen LogP) is 0.449. The number of nitrogens with zero attached hydrogens (tertiary/aromatic N) is 2. The van der Waals surface area contributed by atoms with E-state index >= 15 is 0 Å². The number of hydrogen-bond acceptors (Lipinski definition) is 7.